The maximum absolute atomic E-state index is 13.8. The van der Waals surface area contributed by atoms with Crippen molar-refractivity contribution in [2.75, 3.05) is 19.7 Å². The van der Waals surface area contributed by atoms with Gasteiger partial charge in [-0.3, -0.25) is 0 Å². The minimum atomic E-state index is -0.299. The summed E-state index contributed by atoms with van der Waals surface area (Å²) in [5.41, 5.74) is 0.467. The molecule has 1 atom stereocenters. The molecule has 7 heteroatoms. The topological polar surface area (TPSA) is 55.3 Å². The van der Waals surface area contributed by atoms with Crippen molar-refractivity contribution < 1.29 is 13.9 Å². The third-order valence-electron chi connectivity index (χ3n) is 3.84. The number of piperidine rings is 1. The third-order valence-corrected chi connectivity index (χ3v) is 4.96. The number of benzene rings is 1. The number of nitrogens with zero attached hydrogens (tertiary/aromatic N) is 3. The first-order valence-corrected chi connectivity index (χ1v) is 8.50. The van der Waals surface area contributed by atoms with Gasteiger partial charge in [-0.25, -0.2) is 9.18 Å². The lowest BCUT2D eigenvalue weighted by Gasteiger charge is -2.30. The van der Waals surface area contributed by atoms with Crippen molar-refractivity contribution in [3.8, 4) is 10.6 Å². The van der Waals surface area contributed by atoms with Crippen LogP contribution in [0.5, 0.6) is 0 Å². The number of ether oxygens (including phenoxy) is 1. The Morgan fingerprint density at radius 3 is 3.04 bits per heavy atom. The maximum atomic E-state index is 13.8. The first kappa shape index (κ1) is 15.9. The van der Waals surface area contributed by atoms with Crippen LogP contribution in [-0.4, -0.2) is 40.9 Å². The lowest BCUT2D eigenvalue weighted by molar-refractivity contribution is 0.0957. The molecule has 0 saturated carbocycles. The minimum Gasteiger partial charge on any atom is -0.450 e. The molecule has 1 aliphatic rings. The van der Waals surface area contributed by atoms with E-state index in [2.05, 4.69) is 10.2 Å². The highest BCUT2D eigenvalue weighted by Gasteiger charge is 2.28. The second kappa shape index (κ2) is 7.04. The molecule has 0 spiro atoms. The van der Waals surface area contributed by atoms with Crippen molar-refractivity contribution in [2.24, 2.45) is 0 Å². The largest absolute Gasteiger partial charge is 0.450 e. The number of carbonyl (C=O) groups excluding carboxylic acids is 1. The smallest absolute Gasteiger partial charge is 0.409 e. The summed E-state index contributed by atoms with van der Waals surface area (Å²) in [7, 11) is 0. The van der Waals surface area contributed by atoms with Crippen LogP contribution in [0.1, 0.15) is 30.7 Å². The van der Waals surface area contributed by atoms with Gasteiger partial charge in [0.05, 0.1) is 6.61 Å². The molecule has 1 fully saturated rings. The van der Waals surface area contributed by atoms with Gasteiger partial charge in [0, 0.05) is 24.6 Å². The second-order valence-corrected chi connectivity index (χ2v) is 6.42. The number of carbonyl (C=O) groups is 1. The number of rotatable bonds is 3. The highest BCUT2D eigenvalue weighted by Crippen LogP contribution is 2.33. The van der Waals surface area contributed by atoms with Crippen molar-refractivity contribution in [1.29, 1.82) is 0 Å². The number of halogens is 1. The van der Waals surface area contributed by atoms with Crippen molar-refractivity contribution >= 4 is 17.4 Å². The van der Waals surface area contributed by atoms with Crippen LogP contribution in [0.25, 0.3) is 10.6 Å². The molecular weight excluding hydrogens is 317 g/mol. The number of aromatic nitrogens is 2. The average molecular weight is 335 g/mol. The Kier molecular flexibility index (Phi) is 4.85. The molecule has 1 aliphatic heterocycles. The molecule has 0 radical (unpaired) electrons. The van der Waals surface area contributed by atoms with Gasteiger partial charge in [0.1, 0.15) is 10.8 Å². The van der Waals surface area contributed by atoms with E-state index in [0.29, 0.717) is 30.3 Å². The molecule has 1 aromatic heterocycles. The van der Waals surface area contributed by atoms with E-state index in [1.54, 1.807) is 30.0 Å². The van der Waals surface area contributed by atoms with Gasteiger partial charge in [-0.2, -0.15) is 0 Å². The molecule has 3 rings (SSSR count). The molecule has 1 unspecified atom stereocenters. The summed E-state index contributed by atoms with van der Waals surface area (Å²) in [5.74, 6) is -0.168. The first-order chi connectivity index (χ1) is 11.2. The van der Waals surface area contributed by atoms with Crippen LogP contribution in [0.15, 0.2) is 24.3 Å². The quantitative estimate of drug-likeness (QED) is 0.858. The zero-order valence-electron chi connectivity index (χ0n) is 12.9. The van der Waals surface area contributed by atoms with Gasteiger partial charge in [-0.05, 0) is 31.9 Å². The minimum absolute atomic E-state index is 0.131. The van der Waals surface area contributed by atoms with Crippen molar-refractivity contribution in [1.82, 2.24) is 15.1 Å². The fourth-order valence-corrected chi connectivity index (χ4v) is 3.70. The van der Waals surface area contributed by atoms with Crippen LogP contribution < -0.4 is 0 Å². The van der Waals surface area contributed by atoms with E-state index in [9.17, 15) is 9.18 Å². The van der Waals surface area contributed by atoms with Crippen LogP contribution >= 0.6 is 11.3 Å². The monoisotopic (exact) mass is 335 g/mol. The Bertz CT molecular complexity index is 691. The lowest BCUT2D eigenvalue weighted by Crippen LogP contribution is -2.39. The summed E-state index contributed by atoms with van der Waals surface area (Å²) in [6.45, 7) is 3.44. The summed E-state index contributed by atoms with van der Waals surface area (Å²) in [6, 6.07) is 6.55. The van der Waals surface area contributed by atoms with Crippen molar-refractivity contribution in [2.45, 2.75) is 25.7 Å². The summed E-state index contributed by atoms with van der Waals surface area (Å²) in [5, 5.41) is 9.76. The summed E-state index contributed by atoms with van der Waals surface area (Å²) < 4.78 is 18.9. The fourth-order valence-electron chi connectivity index (χ4n) is 2.70. The van der Waals surface area contributed by atoms with Crippen molar-refractivity contribution in [3.05, 3.63) is 35.1 Å². The molecule has 0 bridgehead atoms. The van der Waals surface area contributed by atoms with Crippen molar-refractivity contribution in [3.63, 3.8) is 0 Å². The molecule has 0 aliphatic carbocycles. The van der Waals surface area contributed by atoms with Crippen LogP contribution in [0.3, 0.4) is 0 Å². The van der Waals surface area contributed by atoms with E-state index < -0.39 is 0 Å². The van der Waals surface area contributed by atoms with E-state index in [4.69, 9.17) is 4.74 Å². The predicted molar refractivity (Wildman–Crippen MR) is 85.9 cm³/mol. The van der Waals surface area contributed by atoms with E-state index in [1.165, 1.54) is 17.4 Å². The second-order valence-electron chi connectivity index (χ2n) is 5.41. The highest BCUT2D eigenvalue weighted by atomic mass is 32.1. The number of likely N-dealkylation sites (tertiary alicyclic amines) is 1. The Morgan fingerprint density at radius 1 is 1.43 bits per heavy atom. The number of amides is 1. The van der Waals surface area contributed by atoms with Gasteiger partial charge >= 0.3 is 6.09 Å². The van der Waals surface area contributed by atoms with Crippen LogP contribution in [0, 0.1) is 5.82 Å². The van der Waals surface area contributed by atoms with E-state index in [0.717, 1.165) is 17.8 Å². The molecule has 23 heavy (non-hydrogen) atoms. The molecular formula is C16H18FN3O2S. The first-order valence-electron chi connectivity index (χ1n) is 7.69. The predicted octanol–water partition coefficient (Wildman–Crippen LogP) is 3.68. The SMILES string of the molecule is CCOC(=O)N1CCCC(c2nnc(-c3ccccc3F)s2)C1. The maximum Gasteiger partial charge on any atom is 0.409 e. The standard InChI is InChI=1S/C16H18FN3O2S/c1-2-22-16(21)20-9-5-6-11(10-20)14-18-19-15(23-14)12-7-3-4-8-13(12)17/h3-4,7-8,11H,2,5-6,9-10H2,1H3. The molecule has 1 saturated heterocycles. The zero-order valence-corrected chi connectivity index (χ0v) is 13.7. The molecule has 1 aromatic carbocycles. The molecule has 5 nitrogen and oxygen atoms in total. The number of hydrogen-bond donors (Lipinski definition) is 0. The molecule has 2 heterocycles. The summed E-state index contributed by atoms with van der Waals surface area (Å²) >= 11 is 1.39. The van der Waals surface area contributed by atoms with Gasteiger partial charge < -0.3 is 9.64 Å². The highest BCUT2D eigenvalue weighted by molar-refractivity contribution is 7.14. The molecule has 122 valence electrons. The van der Waals surface area contributed by atoms with Crippen LogP contribution in [-0.2, 0) is 4.74 Å². The lowest BCUT2D eigenvalue weighted by atomic mass is 9.99. The Morgan fingerprint density at radius 2 is 2.26 bits per heavy atom. The van der Waals surface area contributed by atoms with E-state index in [1.807, 2.05) is 0 Å². The van der Waals surface area contributed by atoms with Gasteiger partial charge in [-0.1, -0.05) is 23.5 Å². The Balaban J connectivity index is 1.75. The molecule has 1 amide bonds. The van der Waals surface area contributed by atoms with Crippen LogP contribution in [0.4, 0.5) is 9.18 Å². The fraction of sp³-hybridized carbons (Fsp3) is 0.438. The van der Waals surface area contributed by atoms with Gasteiger partial charge in [0.25, 0.3) is 0 Å². The number of hydrogen-bond acceptors (Lipinski definition) is 5. The van der Waals surface area contributed by atoms with E-state index in [-0.39, 0.29) is 17.8 Å². The van der Waals surface area contributed by atoms with Gasteiger partial charge in [-0.15, -0.1) is 10.2 Å². The van der Waals surface area contributed by atoms with E-state index >= 15 is 0 Å². The van der Waals surface area contributed by atoms with Crippen LogP contribution in [0.2, 0.25) is 0 Å². The Labute approximate surface area is 138 Å². The Hall–Kier alpha value is -2.02. The average Bonchev–Trinajstić information content (AvgIpc) is 3.05. The molecule has 2 aromatic rings. The zero-order chi connectivity index (χ0) is 16.2. The summed E-state index contributed by atoms with van der Waals surface area (Å²) in [6.07, 6.45) is 1.57. The van der Waals surface area contributed by atoms with Gasteiger partial charge in [0.15, 0.2) is 5.01 Å². The van der Waals surface area contributed by atoms with Gasteiger partial charge in [0.2, 0.25) is 0 Å². The summed E-state index contributed by atoms with van der Waals surface area (Å²) in [4.78, 5) is 13.6. The third kappa shape index (κ3) is 3.50. The molecule has 0 N–H and O–H groups in total. The normalized spacial score (nSPS) is 18.0.